The Hall–Kier alpha value is -3.77. The van der Waals surface area contributed by atoms with Crippen molar-refractivity contribution in [2.24, 2.45) is 23.7 Å². The molecule has 7 rings (SSSR count). The van der Waals surface area contributed by atoms with E-state index >= 15 is 0 Å². The summed E-state index contributed by atoms with van der Waals surface area (Å²) >= 11 is 0. The largest absolute Gasteiger partial charge is 0.461 e. The number of benzene rings is 3. The third kappa shape index (κ3) is 4.52. The number of nitrogens with zero attached hydrogens (tertiary/aromatic N) is 2. The molecule has 2 saturated heterocycles. The zero-order valence-corrected chi connectivity index (χ0v) is 26.1. The van der Waals surface area contributed by atoms with E-state index in [9.17, 15) is 14.4 Å². The van der Waals surface area contributed by atoms with Gasteiger partial charge in [-0.2, -0.15) is 0 Å². The van der Waals surface area contributed by atoms with E-state index in [1.807, 2.05) is 36.4 Å². The monoisotopic (exact) mass is 590 g/mol. The molecule has 0 N–H and O–H groups in total. The Morgan fingerprint density at radius 1 is 0.818 bits per heavy atom. The zero-order chi connectivity index (χ0) is 30.7. The van der Waals surface area contributed by atoms with Crippen LogP contribution in [0.4, 0.5) is 5.69 Å². The van der Waals surface area contributed by atoms with Crippen LogP contribution in [0.1, 0.15) is 69.7 Å². The van der Waals surface area contributed by atoms with Crippen molar-refractivity contribution < 1.29 is 19.1 Å². The number of fused-ring (bicyclic) bond motifs is 5. The first-order chi connectivity index (χ1) is 21.2. The van der Waals surface area contributed by atoms with E-state index < -0.39 is 17.9 Å². The summed E-state index contributed by atoms with van der Waals surface area (Å²) in [5, 5.41) is 0. The molecule has 0 unspecified atom stereocenters. The fraction of sp³-hybridized carbons (Fsp3) is 0.447. The molecule has 1 saturated carbocycles. The first-order valence-electron chi connectivity index (χ1n) is 16.2. The SMILES string of the molecule is C[C@@H]1CC[C@@H](C(C)(C)c2ccccc2)[C@H](OC(=O)[C@@H]2[C@H]3C(=O)N(c4ccccc4)C(=O)[C@H]3[C@H]3c4ccccc4C[C@@H](C)N23)C1. The van der Waals surface area contributed by atoms with Crippen LogP contribution in [0.5, 0.6) is 0 Å². The molecule has 1 aliphatic carbocycles. The number of para-hydroxylation sites is 1. The summed E-state index contributed by atoms with van der Waals surface area (Å²) < 4.78 is 6.62. The van der Waals surface area contributed by atoms with Gasteiger partial charge in [-0.15, -0.1) is 0 Å². The molecule has 3 aromatic rings. The molecule has 0 radical (unpaired) electrons. The topological polar surface area (TPSA) is 66.9 Å². The second-order valence-corrected chi connectivity index (χ2v) is 14.1. The predicted molar refractivity (Wildman–Crippen MR) is 170 cm³/mol. The van der Waals surface area contributed by atoms with E-state index in [0.29, 0.717) is 11.6 Å². The van der Waals surface area contributed by atoms with Gasteiger partial charge in [-0.25, -0.2) is 4.90 Å². The van der Waals surface area contributed by atoms with E-state index in [2.05, 4.69) is 69.0 Å². The maximum atomic E-state index is 14.6. The molecule has 44 heavy (non-hydrogen) atoms. The van der Waals surface area contributed by atoms with Crippen LogP contribution in [0, 0.1) is 23.7 Å². The minimum atomic E-state index is -0.823. The third-order valence-electron chi connectivity index (χ3n) is 11.1. The fourth-order valence-electron chi connectivity index (χ4n) is 8.94. The van der Waals surface area contributed by atoms with Crippen LogP contribution in [0.2, 0.25) is 0 Å². The number of amides is 2. The molecule has 0 aromatic heterocycles. The molecule has 6 heteroatoms. The molecule has 3 aromatic carbocycles. The van der Waals surface area contributed by atoms with Gasteiger partial charge >= 0.3 is 5.97 Å². The Bertz CT molecular complexity index is 1570. The van der Waals surface area contributed by atoms with Gasteiger partial charge in [-0.3, -0.25) is 19.3 Å². The zero-order valence-electron chi connectivity index (χ0n) is 26.1. The molecule has 0 spiro atoms. The summed E-state index contributed by atoms with van der Waals surface area (Å²) in [5.41, 5.74) is 3.81. The number of hydrogen-bond donors (Lipinski definition) is 0. The summed E-state index contributed by atoms with van der Waals surface area (Å²) in [5.74, 6) is -1.76. The first-order valence-corrected chi connectivity index (χ1v) is 16.2. The highest BCUT2D eigenvalue weighted by atomic mass is 16.5. The summed E-state index contributed by atoms with van der Waals surface area (Å²) in [4.78, 5) is 46.6. The van der Waals surface area contributed by atoms with Gasteiger partial charge in [0.2, 0.25) is 11.8 Å². The summed E-state index contributed by atoms with van der Waals surface area (Å²) in [7, 11) is 0. The van der Waals surface area contributed by atoms with Crippen LogP contribution < -0.4 is 4.90 Å². The Labute approximate surface area is 260 Å². The van der Waals surface area contributed by atoms with Gasteiger partial charge in [-0.1, -0.05) is 100.0 Å². The smallest absolute Gasteiger partial charge is 0.324 e. The quantitative estimate of drug-likeness (QED) is 0.251. The molecule has 4 aliphatic rings. The van der Waals surface area contributed by atoms with E-state index in [-0.39, 0.29) is 47.3 Å². The van der Waals surface area contributed by atoms with Gasteiger partial charge in [0.15, 0.2) is 0 Å². The van der Waals surface area contributed by atoms with Crippen LogP contribution in [0.15, 0.2) is 84.9 Å². The fourth-order valence-corrected chi connectivity index (χ4v) is 8.94. The highest BCUT2D eigenvalue weighted by molar-refractivity contribution is 6.23. The van der Waals surface area contributed by atoms with Gasteiger partial charge in [0.1, 0.15) is 12.1 Å². The first kappa shape index (κ1) is 29.0. The molecular formula is C38H42N2O4. The normalized spacial score (nSPS) is 31.8. The highest BCUT2D eigenvalue weighted by Crippen LogP contribution is 2.55. The van der Waals surface area contributed by atoms with Crippen LogP contribution in [-0.4, -0.2) is 40.9 Å². The van der Waals surface area contributed by atoms with E-state index in [0.717, 1.165) is 31.2 Å². The number of rotatable bonds is 5. The van der Waals surface area contributed by atoms with Crippen molar-refractivity contribution in [3.05, 3.63) is 102 Å². The number of carbonyl (C=O) groups is 3. The number of hydrogen-bond acceptors (Lipinski definition) is 5. The molecule has 3 fully saturated rings. The van der Waals surface area contributed by atoms with Crippen LogP contribution in [0.3, 0.4) is 0 Å². The molecular weight excluding hydrogens is 548 g/mol. The van der Waals surface area contributed by atoms with Crippen molar-refractivity contribution in [2.75, 3.05) is 4.90 Å². The number of anilines is 1. The van der Waals surface area contributed by atoms with Crippen molar-refractivity contribution >= 4 is 23.5 Å². The lowest BCUT2D eigenvalue weighted by Crippen LogP contribution is -2.53. The summed E-state index contributed by atoms with van der Waals surface area (Å²) in [6.07, 6.45) is 3.32. The Kier molecular flexibility index (Phi) is 7.24. The number of esters is 1. The molecule has 3 aliphatic heterocycles. The molecule has 228 valence electrons. The molecule has 6 nitrogen and oxygen atoms in total. The van der Waals surface area contributed by atoms with Gasteiger partial charge in [0.25, 0.3) is 0 Å². The van der Waals surface area contributed by atoms with Gasteiger partial charge < -0.3 is 4.74 Å². The van der Waals surface area contributed by atoms with Gasteiger partial charge in [-0.05, 0) is 66.3 Å². The third-order valence-corrected chi connectivity index (χ3v) is 11.1. The van der Waals surface area contributed by atoms with Crippen molar-refractivity contribution in [1.29, 1.82) is 0 Å². The van der Waals surface area contributed by atoms with Crippen molar-refractivity contribution in [3.63, 3.8) is 0 Å². The summed E-state index contributed by atoms with van der Waals surface area (Å²) in [6.45, 7) is 8.85. The van der Waals surface area contributed by atoms with Gasteiger partial charge in [0.05, 0.1) is 17.5 Å². The lowest BCUT2D eigenvalue weighted by molar-refractivity contribution is -0.166. The highest BCUT2D eigenvalue weighted by Gasteiger charge is 2.67. The maximum Gasteiger partial charge on any atom is 0.324 e. The lowest BCUT2D eigenvalue weighted by atomic mass is 9.64. The average Bonchev–Trinajstić information content (AvgIpc) is 3.51. The van der Waals surface area contributed by atoms with Crippen LogP contribution >= 0.6 is 0 Å². The molecule has 8 atom stereocenters. The Morgan fingerprint density at radius 3 is 2.18 bits per heavy atom. The lowest BCUT2D eigenvalue weighted by Gasteiger charge is -2.45. The van der Waals surface area contributed by atoms with Crippen LogP contribution in [-0.2, 0) is 31.0 Å². The molecule has 3 heterocycles. The van der Waals surface area contributed by atoms with Crippen molar-refractivity contribution in [1.82, 2.24) is 4.90 Å². The molecule has 2 amide bonds. The minimum Gasteiger partial charge on any atom is -0.461 e. The predicted octanol–water partition coefficient (Wildman–Crippen LogP) is 6.49. The minimum absolute atomic E-state index is 0.0225. The van der Waals surface area contributed by atoms with Crippen LogP contribution in [0.25, 0.3) is 0 Å². The number of imide groups is 1. The standard InChI is InChI=1S/C38H42N2O4/c1-23-19-20-29(38(3,4)26-14-7-5-8-15-26)30(21-23)44-37(43)34-32-31(35(41)40(36(32)42)27-16-9-6-10-17-27)33-28-18-12-11-13-25(28)22-24(2)39(33)34/h5-18,23-24,29-34H,19-22H2,1-4H3/t23-,24-,29-,30-,31-,32+,33-,34+/m1/s1. The average molecular weight is 591 g/mol. The van der Waals surface area contributed by atoms with Crippen molar-refractivity contribution in [3.8, 4) is 0 Å². The number of ether oxygens (including phenoxy) is 1. The Balaban J connectivity index is 1.27. The Morgan fingerprint density at radius 2 is 1.45 bits per heavy atom. The second kappa shape index (κ2) is 11.0. The molecule has 0 bridgehead atoms. The maximum absolute atomic E-state index is 14.6. The second-order valence-electron chi connectivity index (χ2n) is 14.1. The van der Waals surface area contributed by atoms with E-state index in [4.69, 9.17) is 4.74 Å². The number of carbonyl (C=O) groups excluding carboxylic acids is 3. The van der Waals surface area contributed by atoms with E-state index in [1.165, 1.54) is 16.0 Å². The van der Waals surface area contributed by atoms with E-state index in [1.54, 1.807) is 12.1 Å². The van der Waals surface area contributed by atoms with Crippen molar-refractivity contribution in [2.45, 2.75) is 83.0 Å². The van der Waals surface area contributed by atoms with Gasteiger partial charge in [0, 0.05) is 18.0 Å². The summed E-state index contributed by atoms with van der Waals surface area (Å²) in [6, 6.07) is 26.6.